The fraction of sp³-hybridized carbons (Fsp3) is 0.250. The predicted octanol–water partition coefficient (Wildman–Crippen LogP) is 3.37. The number of hydrogen-bond acceptors (Lipinski definition) is 3. The Kier molecular flexibility index (Phi) is 4.96. The zero-order valence-corrected chi connectivity index (χ0v) is 11.3. The van der Waals surface area contributed by atoms with Crippen LogP contribution in [0.1, 0.15) is 18.5 Å². The van der Waals surface area contributed by atoms with E-state index in [0.717, 1.165) is 17.0 Å². The highest BCUT2D eigenvalue weighted by molar-refractivity contribution is 5.48. The van der Waals surface area contributed by atoms with Crippen LogP contribution in [0.3, 0.4) is 0 Å². The number of halogens is 1. The van der Waals surface area contributed by atoms with Crippen molar-refractivity contribution in [2.24, 2.45) is 0 Å². The Morgan fingerprint density at radius 2 is 1.75 bits per heavy atom. The van der Waals surface area contributed by atoms with Crippen molar-refractivity contribution in [3.05, 3.63) is 59.9 Å². The van der Waals surface area contributed by atoms with Gasteiger partial charge in [-0.25, -0.2) is 4.39 Å². The lowest BCUT2D eigenvalue weighted by Gasteiger charge is -2.16. The van der Waals surface area contributed by atoms with Crippen LogP contribution >= 0.6 is 0 Å². The fourth-order valence-corrected chi connectivity index (χ4v) is 1.90. The zero-order valence-electron chi connectivity index (χ0n) is 11.3. The van der Waals surface area contributed by atoms with Gasteiger partial charge in [-0.15, -0.1) is 0 Å². The first kappa shape index (κ1) is 14.3. The van der Waals surface area contributed by atoms with Crippen molar-refractivity contribution in [3.8, 4) is 5.75 Å². The number of nitrogens with one attached hydrogen (secondary N) is 1. The highest BCUT2D eigenvalue weighted by atomic mass is 19.1. The number of rotatable bonds is 6. The summed E-state index contributed by atoms with van der Waals surface area (Å²) < 4.78 is 18.2. The molecule has 0 amide bonds. The molecule has 2 aromatic carbocycles. The molecular formula is C16H18FNO2. The third kappa shape index (κ3) is 3.96. The first-order valence-electron chi connectivity index (χ1n) is 6.55. The second-order valence-electron chi connectivity index (χ2n) is 4.51. The van der Waals surface area contributed by atoms with Crippen molar-refractivity contribution >= 4 is 5.69 Å². The standard InChI is InChI=1S/C16H18FNO2/c1-12(13-2-4-14(17)5-3-13)18-15-6-8-16(9-7-15)20-11-10-19/h2-9,12,18-19H,10-11H2,1H3. The number of benzene rings is 2. The van der Waals surface area contributed by atoms with Crippen molar-refractivity contribution in [3.63, 3.8) is 0 Å². The molecule has 2 aromatic rings. The Balaban J connectivity index is 1.97. The molecule has 2 N–H and O–H groups in total. The summed E-state index contributed by atoms with van der Waals surface area (Å²) in [6, 6.07) is 14.0. The Hall–Kier alpha value is -2.07. The van der Waals surface area contributed by atoms with Crippen molar-refractivity contribution in [1.29, 1.82) is 0 Å². The molecule has 0 aromatic heterocycles. The molecule has 3 nitrogen and oxygen atoms in total. The molecule has 0 saturated heterocycles. The van der Waals surface area contributed by atoms with Gasteiger partial charge in [-0.1, -0.05) is 12.1 Å². The Morgan fingerprint density at radius 3 is 2.35 bits per heavy atom. The van der Waals surface area contributed by atoms with E-state index in [-0.39, 0.29) is 18.5 Å². The van der Waals surface area contributed by atoms with E-state index in [9.17, 15) is 4.39 Å². The van der Waals surface area contributed by atoms with Gasteiger partial charge in [0.25, 0.3) is 0 Å². The fourth-order valence-electron chi connectivity index (χ4n) is 1.90. The maximum absolute atomic E-state index is 12.9. The molecule has 0 bridgehead atoms. The van der Waals surface area contributed by atoms with E-state index in [1.165, 1.54) is 12.1 Å². The largest absolute Gasteiger partial charge is 0.491 e. The zero-order chi connectivity index (χ0) is 14.4. The predicted molar refractivity (Wildman–Crippen MR) is 77.5 cm³/mol. The third-order valence-electron chi connectivity index (χ3n) is 2.97. The topological polar surface area (TPSA) is 41.5 Å². The van der Waals surface area contributed by atoms with E-state index in [1.54, 1.807) is 12.1 Å². The minimum atomic E-state index is -0.230. The Bertz CT molecular complexity index is 525. The van der Waals surface area contributed by atoms with Crippen molar-refractivity contribution in [1.82, 2.24) is 0 Å². The maximum atomic E-state index is 12.9. The molecule has 0 radical (unpaired) electrons. The smallest absolute Gasteiger partial charge is 0.123 e. The van der Waals surface area contributed by atoms with Gasteiger partial charge >= 0.3 is 0 Å². The van der Waals surface area contributed by atoms with Gasteiger partial charge in [-0.2, -0.15) is 0 Å². The van der Waals surface area contributed by atoms with Crippen LogP contribution in [0.5, 0.6) is 5.75 Å². The number of aliphatic hydroxyl groups excluding tert-OH is 1. The van der Waals surface area contributed by atoms with Crippen molar-refractivity contribution in [2.75, 3.05) is 18.5 Å². The molecule has 0 fully saturated rings. The lowest BCUT2D eigenvalue weighted by atomic mass is 10.1. The molecule has 0 aliphatic heterocycles. The molecule has 1 atom stereocenters. The first-order valence-corrected chi connectivity index (χ1v) is 6.55. The van der Waals surface area contributed by atoms with E-state index in [4.69, 9.17) is 9.84 Å². The van der Waals surface area contributed by atoms with Gasteiger partial charge in [0.05, 0.1) is 6.61 Å². The quantitative estimate of drug-likeness (QED) is 0.849. The molecule has 0 aliphatic rings. The first-order chi connectivity index (χ1) is 9.69. The monoisotopic (exact) mass is 275 g/mol. The van der Waals surface area contributed by atoms with E-state index in [1.807, 2.05) is 31.2 Å². The van der Waals surface area contributed by atoms with Gasteiger partial charge in [0, 0.05) is 11.7 Å². The van der Waals surface area contributed by atoms with Gasteiger partial charge in [0.15, 0.2) is 0 Å². The molecule has 1 unspecified atom stereocenters. The minimum Gasteiger partial charge on any atom is -0.491 e. The van der Waals surface area contributed by atoms with E-state index < -0.39 is 0 Å². The molecule has 2 rings (SSSR count). The number of anilines is 1. The second kappa shape index (κ2) is 6.91. The molecule has 0 heterocycles. The number of aliphatic hydroxyl groups is 1. The normalized spacial score (nSPS) is 11.9. The Morgan fingerprint density at radius 1 is 1.10 bits per heavy atom. The maximum Gasteiger partial charge on any atom is 0.123 e. The van der Waals surface area contributed by atoms with Gasteiger partial charge in [0.1, 0.15) is 18.2 Å². The van der Waals surface area contributed by atoms with E-state index in [2.05, 4.69) is 5.32 Å². The highest BCUT2D eigenvalue weighted by Gasteiger charge is 2.05. The molecule has 0 saturated carbocycles. The van der Waals surface area contributed by atoms with Gasteiger partial charge in [-0.3, -0.25) is 0 Å². The van der Waals surface area contributed by atoms with Crippen LogP contribution in [-0.4, -0.2) is 18.3 Å². The van der Waals surface area contributed by atoms with Crippen LogP contribution in [0.2, 0.25) is 0 Å². The summed E-state index contributed by atoms with van der Waals surface area (Å²) in [4.78, 5) is 0. The molecule has 0 aliphatic carbocycles. The third-order valence-corrected chi connectivity index (χ3v) is 2.97. The molecule has 4 heteroatoms. The average molecular weight is 275 g/mol. The van der Waals surface area contributed by atoms with Gasteiger partial charge < -0.3 is 15.2 Å². The summed E-state index contributed by atoms with van der Waals surface area (Å²) >= 11 is 0. The van der Waals surface area contributed by atoms with Crippen molar-refractivity contribution in [2.45, 2.75) is 13.0 Å². The summed E-state index contributed by atoms with van der Waals surface area (Å²) in [7, 11) is 0. The summed E-state index contributed by atoms with van der Waals surface area (Å²) in [6.07, 6.45) is 0. The summed E-state index contributed by atoms with van der Waals surface area (Å²) in [5.74, 6) is 0.491. The highest BCUT2D eigenvalue weighted by Crippen LogP contribution is 2.21. The van der Waals surface area contributed by atoms with Gasteiger partial charge in [0.2, 0.25) is 0 Å². The molecule has 106 valence electrons. The van der Waals surface area contributed by atoms with Gasteiger partial charge in [-0.05, 0) is 48.9 Å². The molecular weight excluding hydrogens is 257 g/mol. The lowest BCUT2D eigenvalue weighted by Crippen LogP contribution is -2.06. The van der Waals surface area contributed by atoms with Crippen LogP contribution < -0.4 is 10.1 Å². The van der Waals surface area contributed by atoms with Crippen LogP contribution in [0, 0.1) is 5.82 Å². The van der Waals surface area contributed by atoms with E-state index in [0.29, 0.717) is 6.61 Å². The summed E-state index contributed by atoms with van der Waals surface area (Å²) in [6.45, 7) is 2.31. The van der Waals surface area contributed by atoms with Crippen LogP contribution in [0.15, 0.2) is 48.5 Å². The molecule has 0 spiro atoms. The van der Waals surface area contributed by atoms with E-state index >= 15 is 0 Å². The lowest BCUT2D eigenvalue weighted by molar-refractivity contribution is 0.201. The van der Waals surface area contributed by atoms with Crippen LogP contribution in [0.4, 0.5) is 10.1 Å². The SMILES string of the molecule is CC(Nc1ccc(OCCO)cc1)c1ccc(F)cc1. The van der Waals surface area contributed by atoms with Crippen LogP contribution in [-0.2, 0) is 0 Å². The number of hydrogen-bond donors (Lipinski definition) is 2. The summed E-state index contributed by atoms with van der Waals surface area (Å²) in [5, 5.41) is 12.0. The average Bonchev–Trinajstić information content (AvgIpc) is 2.47. The minimum absolute atomic E-state index is 0.00159. The second-order valence-corrected chi connectivity index (χ2v) is 4.51. The van der Waals surface area contributed by atoms with Crippen molar-refractivity contribution < 1.29 is 14.2 Å². The Labute approximate surface area is 118 Å². The van der Waals surface area contributed by atoms with Crippen LogP contribution in [0.25, 0.3) is 0 Å². The number of ether oxygens (including phenoxy) is 1. The molecule has 20 heavy (non-hydrogen) atoms. The summed E-state index contributed by atoms with van der Waals surface area (Å²) in [5.41, 5.74) is 1.98.